The molecule has 4 nitrogen and oxygen atoms in total. The third-order valence-corrected chi connectivity index (χ3v) is 4.72. The second-order valence-electron chi connectivity index (χ2n) is 5.95. The molecule has 21 heavy (non-hydrogen) atoms. The van der Waals surface area contributed by atoms with Crippen molar-refractivity contribution in [2.24, 2.45) is 11.8 Å². The Balaban J connectivity index is 1.91. The van der Waals surface area contributed by atoms with Gasteiger partial charge in [-0.1, -0.05) is 25.0 Å². The van der Waals surface area contributed by atoms with E-state index in [0.29, 0.717) is 0 Å². The summed E-state index contributed by atoms with van der Waals surface area (Å²) in [6, 6.07) is 8.14. The molecular formula is C17H22N2O2. The van der Waals surface area contributed by atoms with Crippen molar-refractivity contribution in [3.8, 4) is 0 Å². The number of hydrogen-bond acceptors (Lipinski definition) is 2. The summed E-state index contributed by atoms with van der Waals surface area (Å²) in [6.45, 7) is 2.99. The Morgan fingerprint density at radius 2 is 2.10 bits per heavy atom. The van der Waals surface area contributed by atoms with Gasteiger partial charge in [-0.3, -0.25) is 4.79 Å². The van der Waals surface area contributed by atoms with Crippen LogP contribution < -0.4 is 0 Å². The van der Waals surface area contributed by atoms with Crippen LogP contribution in [0, 0.1) is 11.8 Å². The quantitative estimate of drug-likeness (QED) is 0.936. The van der Waals surface area contributed by atoms with E-state index in [4.69, 9.17) is 4.98 Å². The molecule has 1 aromatic heterocycles. The average molecular weight is 286 g/mol. The predicted octanol–water partition coefficient (Wildman–Crippen LogP) is 3.49. The number of carboxylic acid groups (broad SMARTS) is 1. The first-order valence-corrected chi connectivity index (χ1v) is 7.87. The lowest BCUT2D eigenvalue weighted by Crippen LogP contribution is -2.29. The Bertz CT molecular complexity index is 647. The minimum Gasteiger partial charge on any atom is -0.481 e. The lowest BCUT2D eigenvalue weighted by molar-refractivity contribution is -0.144. The maximum atomic E-state index is 11.5. The molecule has 0 spiro atoms. The van der Waals surface area contributed by atoms with Gasteiger partial charge in [-0.15, -0.1) is 0 Å². The fourth-order valence-electron chi connectivity index (χ4n) is 3.65. The number of para-hydroxylation sites is 2. The third kappa shape index (κ3) is 2.67. The van der Waals surface area contributed by atoms with E-state index in [1.54, 1.807) is 0 Å². The topological polar surface area (TPSA) is 55.1 Å². The van der Waals surface area contributed by atoms with E-state index in [-0.39, 0.29) is 11.8 Å². The molecule has 2 unspecified atom stereocenters. The molecule has 0 saturated heterocycles. The maximum Gasteiger partial charge on any atom is 0.306 e. The van der Waals surface area contributed by atoms with Gasteiger partial charge >= 0.3 is 5.97 Å². The van der Waals surface area contributed by atoms with E-state index in [1.807, 2.05) is 18.2 Å². The molecule has 1 heterocycles. The Morgan fingerprint density at radius 3 is 2.86 bits per heavy atom. The largest absolute Gasteiger partial charge is 0.481 e. The molecule has 0 aliphatic heterocycles. The summed E-state index contributed by atoms with van der Waals surface area (Å²) in [4.78, 5) is 16.2. The van der Waals surface area contributed by atoms with Crippen molar-refractivity contribution in [2.75, 3.05) is 0 Å². The molecule has 1 aliphatic carbocycles. The molecule has 0 amide bonds. The third-order valence-electron chi connectivity index (χ3n) is 4.72. The molecule has 0 radical (unpaired) electrons. The summed E-state index contributed by atoms with van der Waals surface area (Å²) < 4.78 is 2.23. The van der Waals surface area contributed by atoms with Gasteiger partial charge < -0.3 is 9.67 Å². The van der Waals surface area contributed by atoms with Crippen molar-refractivity contribution in [2.45, 2.75) is 45.6 Å². The van der Waals surface area contributed by atoms with Gasteiger partial charge in [0.05, 0.1) is 17.0 Å². The van der Waals surface area contributed by atoms with Gasteiger partial charge in [-0.2, -0.15) is 0 Å². The molecule has 1 saturated carbocycles. The number of aliphatic carboxylic acids is 1. The van der Waals surface area contributed by atoms with Crippen molar-refractivity contribution in [3.63, 3.8) is 0 Å². The number of rotatable bonds is 4. The zero-order chi connectivity index (χ0) is 14.8. The number of benzene rings is 1. The predicted molar refractivity (Wildman–Crippen MR) is 82.2 cm³/mol. The fourth-order valence-corrected chi connectivity index (χ4v) is 3.65. The van der Waals surface area contributed by atoms with Gasteiger partial charge in [0, 0.05) is 13.0 Å². The lowest BCUT2D eigenvalue weighted by Gasteiger charge is -2.28. The molecule has 2 aromatic rings. The van der Waals surface area contributed by atoms with E-state index in [0.717, 1.165) is 55.5 Å². The summed E-state index contributed by atoms with van der Waals surface area (Å²) in [7, 11) is 0. The highest BCUT2D eigenvalue weighted by Crippen LogP contribution is 2.33. The normalized spacial score (nSPS) is 22.5. The van der Waals surface area contributed by atoms with Crippen LogP contribution in [0.1, 0.15) is 38.4 Å². The van der Waals surface area contributed by atoms with Crippen LogP contribution in [0.4, 0.5) is 0 Å². The minimum absolute atomic E-state index is 0.205. The van der Waals surface area contributed by atoms with Gasteiger partial charge in [0.25, 0.3) is 0 Å². The molecule has 0 bridgehead atoms. The Labute approximate surface area is 124 Å². The average Bonchev–Trinajstić information content (AvgIpc) is 2.84. The molecular weight excluding hydrogens is 264 g/mol. The summed E-state index contributed by atoms with van der Waals surface area (Å²) in [5.74, 6) is 0.415. The summed E-state index contributed by atoms with van der Waals surface area (Å²) in [6.07, 6.45) is 4.77. The molecule has 1 N–H and O–H groups in total. The van der Waals surface area contributed by atoms with Crippen molar-refractivity contribution in [1.29, 1.82) is 0 Å². The van der Waals surface area contributed by atoms with Crippen molar-refractivity contribution < 1.29 is 9.90 Å². The van der Waals surface area contributed by atoms with Crippen LogP contribution in [-0.2, 0) is 17.8 Å². The summed E-state index contributed by atoms with van der Waals surface area (Å²) in [5.41, 5.74) is 2.16. The van der Waals surface area contributed by atoms with Gasteiger partial charge in [-0.25, -0.2) is 4.98 Å². The van der Waals surface area contributed by atoms with Crippen LogP contribution in [0.2, 0.25) is 0 Å². The Hall–Kier alpha value is -1.84. The van der Waals surface area contributed by atoms with Crippen LogP contribution in [0.25, 0.3) is 11.0 Å². The number of carboxylic acids is 1. The van der Waals surface area contributed by atoms with Gasteiger partial charge in [0.1, 0.15) is 5.82 Å². The summed E-state index contributed by atoms with van der Waals surface area (Å²) >= 11 is 0. The SMILES string of the molecule is CCn1c(CC2CCCCC2C(=O)O)nc2ccccc21. The number of aryl methyl sites for hydroxylation is 1. The molecule has 1 fully saturated rings. The van der Waals surface area contributed by atoms with Crippen LogP contribution in [-0.4, -0.2) is 20.6 Å². The fraction of sp³-hybridized carbons (Fsp3) is 0.529. The Morgan fingerprint density at radius 1 is 1.33 bits per heavy atom. The van der Waals surface area contributed by atoms with Gasteiger partial charge in [0.2, 0.25) is 0 Å². The van der Waals surface area contributed by atoms with Crippen molar-refractivity contribution in [3.05, 3.63) is 30.1 Å². The van der Waals surface area contributed by atoms with E-state index in [1.165, 1.54) is 0 Å². The highest BCUT2D eigenvalue weighted by molar-refractivity contribution is 5.76. The lowest BCUT2D eigenvalue weighted by atomic mass is 9.77. The van der Waals surface area contributed by atoms with Crippen LogP contribution in [0.3, 0.4) is 0 Å². The van der Waals surface area contributed by atoms with E-state index in [2.05, 4.69) is 17.6 Å². The zero-order valence-corrected chi connectivity index (χ0v) is 12.5. The standard InChI is InChI=1S/C17H22N2O2/c1-2-19-15-10-6-5-9-14(15)18-16(19)11-12-7-3-4-8-13(12)17(20)21/h5-6,9-10,12-13H,2-4,7-8,11H2,1H3,(H,20,21). The number of nitrogens with zero attached hydrogens (tertiary/aromatic N) is 2. The zero-order valence-electron chi connectivity index (χ0n) is 12.5. The molecule has 4 heteroatoms. The number of imidazole rings is 1. The number of aromatic nitrogens is 2. The minimum atomic E-state index is -0.640. The smallest absolute Gasteiger partial charge is 0.306 e. The van der Waals surface area contributed by atoms with Crippen molar-refractivity contribution >= 4 is 17.0 Å². The second kappa shape index (κ2) is 5.88. The first-order chi connectivity index (χ1) is 10.2. The highest BCUT2D eigenvalue weighted by Gasteiger charge is 2.31. The first-order valence-electron chi connectivity index (χ1n) is 7.87. The first kappa shape index (κ1) is 14.1. The number of fused-ring (bicyclic) bond motifs is 1. The van der Waals surface area contributed by atoms with Crippen molar-refractivity contribution in [1.82, 2.24) is 9.55 Å². The van der Waals surface area contributed by atoms with E-state index < -0.39 is 5.97 Å². The van der Waals surface area contributed by atoms with Crippen LogP contribution >= 0.6 is 0 Å². The van der Waals surface area contributed by atoms with E-state index >= 15 is 0 Å². The Kier molecular flexibility index (Phi) is 3.95. The molecule has 112 valence electrons. The van der Waals surface area contributed by atoms with E-state index in [9.17, 15) is 9.90 Å². The molecule has 2 atom stereocenters. The van der Waals surface area contributed by atoms with Crippen LogP contribution in [0.15, 0.2) is 24.3 Å². The maximum absolute atomic E-state index is 11.5. The number of carbonyl (C=O) groups is 1. The molecule has 1 aliphatic rings. The van der Waals surface area contributed by atoms with Gasteiger partial charge in [0.15, 0.2) is 0 Å². The number of hydrogen-bond donors (Lipinski definition) is 1. The van der Waals surface area contributed by atoms with Gasteiger partial charge in [-0.05, 0) is 37.8 Å². The highest BCUT2D eigenvalue weighted by atomic mass is 16.4. The molecule has 1 aromatic carbocycles. The molecule has 3 rings (SSSR count). The second-order valence-corrected chi connectivity index (χ2v) is 5.95. The monoisotopic (exact) mass is 286 g/mol. The van der Waals surface area contributed by atoms with Crippen LogP contribution in [0.5, 0.6) is 0 Å². The summed E-state index contributed by atoms with van der Waals surface area (Å²) in [5, 5.41) is 9.43.